The highest BCUT2D eigenvalue weighted by Crippen LogP contribution is 2.40. The number of alkyl halides is 2. The van der Waals surface area contributed by atoms with Gasteiger partial charge in [0.25, 0.3) is 11.8 Å². The van der Waals surface area contributed by atoms with Crippen molar-refractivity contribution < 1.29 is 22.8 Å². The number of aromatic nitrogens is 3. The Morgan fingerprint density at radius 2 is 2.07 bits per heavy atom. The number of nitrogens with one attached hydrogen (secondary N) is 1. The molecule has 0 unspecified atom stereocenters. The minimum atomic E-state index is -2.76. The van der Waals surface area contributed by atoms with Gasteiger partial charge in [-0.25, -0.2) is 18.2 Å². The smallest absolute Gasteiger partial charge is 0.288 e. The fraction of sp³-hybridized carbons (Fsp3) is 0.444. The van der Waals surface area contributed by atoms with E-state index in [4.69, 9.17) is 5.73 Å². The molecule has 1 fully saturated rings. The largest absolute Gasteiger partial charge is 0.363 e. The highest BCUT2D eigenvalue weighted by atomic mass is 32.2. The van der Waals surface area contributed by atoms with E-state index in [1.807, 2.05) is 0 Å². The van der Waals surface area contributed by atoms with Crippen LogP contribution in [-0.2, 0) is 4.79 Å². The van der Waals surface area contributed by atoms with E-state index in [-0.39, 0.29) is 30.4 Å². The van der Waals surface area contributed by atoms with Crippen LogP contribution in [0, 0.1) is 12.7 Å². The number of carbonyl (C=O) groups excluding carboxylic acids is 2. The van der Waals surface area contributed by atoms with Crippen LogP contribution in [0.15, 0.2) is 17.0 Å². The number of benzene rings is 1. The number of primary amides is 1. The van der Waals surface area contributed by atoms with Crippen LogP contribution in [0.2, 0.25) is 0 Å². The minimum Gasteiger partial charge on any atom is -0.363 e. The molecular formula is C18H21F3N6O2S. The van der Waals surface area contributed by atoms with Crippen LogP contribution in [0.5, 0.6) is 0 Å². The molecule has 4 rings (SSSR count). The first-order chi connectivity index (χ1) is 14.1. The van der Waals surface area contributed by atoms with Gasteiger partial charge in [0, 0.05) is 43.1 Å². The molecule has 0 saturated carbocycles. The Bertz CT molecular complexity index is 967. The number of nitrogens with zero attached hydrogens (tertiary/aromatic N) is 4. The number of hydrogen-bond acceptors (Lipinski definition) is 6. The number of halogens is 3. The van der Waals surface area contributed by atoms with Crippen LogP contribution in [0.3, 0.4) is 0 Å². The zero-order valence-electron chi connectivity index (χ0n) is 16.4. The van der Waals surface area contributed by atoms with Gasteiger partial charge < -0.3 is 15.5 Å². The topological polar surface area (TPSA) is 108 Å². The van der Waals surface area contributed by atoms with Gasteiger partial charge >= 0.3 is 0 Å². The molecule has 30 heavy (non-hydrogen) atoms. The monoisotopic (exact) mass is 442 g/mol. The summed E-state index contributed by atoms with van der Waals surface area (Å²) in [6, 6.07) is 2.86. The molecule has 3 heterocycles. The predicted molar refractivity (Wildman–Crippen MR) is 107 cm³/mol. The average Bonchev–Trinajstić information content (AvgIpc) is 3.24. The van der Waals surface area contributed by atoms with Gasteiger partial charge in [-0.15, -0.1) is 16.9 Å². The molecule has 0 aliphatic carbocycles. The number of anilines is 2. The van der Waals surface area contributed by atoms with Gasteiger partial charge in [0.1, 0.15) is 11.6 Å². The Morgan fingerprint density at radius 1 is 1.33 bits per heavy atom. The summed E-state index contributed by atoms with van der Waals surface area (Å²) in [5, 5.41) is 5.99. The van der Waals surface area contributed by atoms with E-state index in [1.165, 1.54) is 27.6 Å². The Labute approximate surface area is 175 Å². The van der Waals surface area contributed by atoms with E-state index in [0.29, 0.717) is 23.7 Å². The fourth-order valence-corrected chi connectivity index (χ4v) is 4.13. The number of hydrogen-bond donors (Lipinski definition) is 2. The van der Waals surface area contributed by atoms with Crippen molar-refractivity contribution in [2.24, 2.45) is 5.73 Å². The van der Waals surface area contributed by atoms with E-state index in [2.05, 4.69) is 15.2 Å². The van der Waals surface area contributed by atoms with Crippen molar-refractivity contribution >= 4 is 35.0 Å². The number of rotatable bonds is 2. The summed E-state index contributed by atoms with van der Waals surface area (Å²) in [5.41, 5.74) is 5.55. The molecule has 8 nitrogen and oxygen atoms in total. The molecule has 2 amide bonds. The lowest BCUT2D eigenvalue weighted by atomic mass is 10.2. The summed E-state index contributed by atoms with van der Waals surface area (Å²) in [6.45, 7) is 1.38. The van der Waals surface area contributed by atoms with Crippen LogP contribution in [0.4, 0.5) is 24.5 Å². The number of aromatic amines is 1. The number of nitrogens with two attached hydrogens (primary N) is 1. The van der Waals surface area contributed by atoms with Crippen molar-refractivity contribution in [2.45, 2.75) is 30.6 Å². The quantitative estimate of drug-likeness (QED) is 0.739. The second-order valence-electron chi connectivity index (χ2n) is 6.96. The van der Waals surface area contributed by atoms with Gasteiger partial charge in [0.2, 0.25) is 11.7 Å². The van der Waals surface area contributed by atoms with E-state index in [0.717, 1.165) is 4.90 Å². The number of amides is 2. The molecule has 12 heteroatoms. The third kappa shape index (κ3) is 4.86. The molecule has 0 radical (unpaired) electrons. The second kappa shape index (κ2) is 8.54. The summed E-state index contributed by atoms with van der Waals surface area (Å²) >= 11 is 1.46. The fourth-order valence-electron chi connectivity index (χ4n) is 3.10. The lowest BCUT2D eigenvalue weighted by Gasteiger charge is -2.23. The van der Waals surface area contributed by atoms with E-state index in [1.54, 1.807) is 20.0 Å². The molecule has 1 saturated heterocycles. The zero-order valence-corrected chi connectivity index (χ0v) is 17.2. The molecular weight excluding hydrogens is 421 g/mol. The maximum absolute atomic E-state index is 14.3. The van der Waals surface area contributed by atoms with Gasteiger partial charge in [0.05, 0.1) is 17.9 Å². The first-order valence-electron chi connectivity index (χ1n) is 9.12. The lowest BCUT2D eigenvalue weighted by molar-refractivity contribution is -0.117. The zero-order chi connectivity index (χ0) is 22.1. The molecule has 2 aromatic rings. The lowest BCUT2D eigenvalue weighted by Crippen LogP contribution is -2.27. The van der Waals surface area contributed by atoms with Crippen LogP contribution in [-0.4, -0.2) is 58.8 Å². The molecule has 162 valence electrons. The normalized spacial score (nSPS) is 17.8. The van der Waals surface area contributed by atoms with Crippen molar-refractivity contribution in [3.05, 3.63) is 29.6 Å². The van der Waals surface area contributed by atoms with Crippen LogP contribution >= 0.6 is 11.8 Å². The first-order valence-corrected chi connectivity index (χ1v) is 10.1. The average molecular weight is 442 g/mol. The van der Waals surface area contributed by atoms with E-state index >= 15 is 0 Å². The van der Waals surface area contributed by atoms with Crippen molar-refractivity contribution in [3.63, 3.8) is 0 Å². The Morgan fingerprint density at radius 3 is 2.60 bits per heavy atom. The molecule has 1 aromatic carbocycles. The van der Waals surface area contributed by atoms with Crippen molar-refractivity contribution in [3.8, 4) is 0 Å². The van der Waals surface area contributed by atoms with E-state index < -0.39 is 24.2 Å². The Balaban J connectivity index is 0.000000239. The number of thioether (sulfide) groups is 1. The maximum Gasteiger partial charge on any atom is 0.288 e. The SMILES string of the molecule is CN1C(=O)CCSc2cc(N3CCC(F)(F)C3)c(F)cc21.Cc1nc(C(N)=O)n[nH]1. The van der Waals surface area contributed by atoms with Crippen molar-refractivity contribution in [1.82, 2.24) is 15.2 Å². The number of H-pyrrole nitrogens is 1. The Hall–Kier alpha value is -2.76. The third-order valence-corrected chi connectivity index (χ3v) is 5.71. The number of fused-ring (bicyclic) bond motifs is 1. The molecule has 0 bridgehead atoms. The third-order valence-electron chi connectivity index (χ3n) is 4.67. The Kier molecular flexibility index (Phi) is 6.25. The number of carbonyl (C=O) groups is 2. The van der Waals surface area contributed by atoms with E-state index in [9.17, 15) is 22.8 Å². The summed E-state index contributed by atoms with van der Waals surface area (Å²) in [6.07, 6.45) is 0.129. The molecule has 2 aliphatic rings. The maximum atomic E-state index is 14.3. The van der Waals surface area contributed by atoms with Crippen molar-refractivity contribution in [2.75, 3.05) is 35.7 Å². The predicted octanol–water partition coefficient (Wildman–Crippen LogP) is 2.34. The van der Waals surface area contributed by atoms with Gasteiger partial charge in [-0.2, -0.15) is 0 Å². The van der Waals surface area contributed by atoms with Crippen LogP contribution in [0.1, 0.15) is 29.3 Å². The first kappa shape index (κ1) is 21.9. The van der Waals surface area contributed by atoms with Gasteiger partial charge in [0.15, 0.2) is 0 Å². The highest BCUT2D eigenvalue weighted by molar-refractivity contribution is 7.99. The summed E-state index contributed by atoms with van der Waals surface area (Å²) in [5.74, 6) is -2.78. The summed E-state index contributed by atoms with van der Waals surface area (Å²) < 4.78 is 40.9. The van der Waals surface area contributed by atoms with Crippen molar-refractivity contribution in [1.29, 1.82) is 0 Å². The second-order valence-corrected chi connectivity index (χ2v) is 8.10. The number of aryl methyl sites for hydroxylation is 1. The molecule has 0 spiro atoms. The minimum absolute atomic E-state index is 0.0347. The molecule has 0 atom stereocenters. The summed E-state index contributed by atoms with van der Waals surface area (Å²) in [7, 11) is 1.61. The van der Waals surface area contributed by atoms with Gasteiger partial charge in [-0.1, -0.05) is 0 Å². The summed E-state index contributed by atoms with van der Waals surface area (Å²) in [4.78, 5) is 29.3. The standard InChI is InChI=1S/C14H15F3N2OS.C4H6N4O/c1-18-11-6-9(15)10(19-4-3-14(16,17)8-19)7-12(11)21-5-2-13(18)20;1-2-6-4(3(5)9)8-7-2/h6-7H,2-5,8H2,1H3;1H3,(H2,5,9)(H,6,7,8). The molecule has 2 aliphatic heterocycles. The van der Waals surface area contributed by atoms with Gasteiger partial charge in [-0.3, -0.25) is 14.7 Å². The highest BCUT2D eigenvalue weighted by Gasteiger charge is 2.39. The van der Waals surface area contributed by atoms with Gasteiger partial charge in [-0.05, 0) is 13.0 Å². The molecule has 3 N–H and O–H groups in total. The van der Waals surface area contributed by atoms with Crippen LogP contribution in [0.25, 0.3) is 0 Å². The molecule has 1 aromatic heterocycles. The van der Waals surface area contributed by atoms with Crippen LogP contribution < -0.4 is 15.5 Å².